The van der Waals surface area contributed by atoms with Crippen LogP contribution >= 0.6 is 11.6 Å². The molecule has 0 spiro atoms. The maximum absolute atomic E-state index is 15.2. The molecule has 0 aliphatic heterocycles. The van der Waals surface area contributed by atoms with Crippen LogP contribution in [-0.2, 0) is 32.6 Å². The highest BCUT2D eigenvalue weighted by Crippen LogP contribution is 2.27. The minimum absolute atomic E-state index is 0.0112. The fourth-order valence-electron chi connectivity index (χ4n) is 4.71. The van der Waals surface area contributed by atoms with Gasteiger partial charge in [0.05, 0.1) is 10.6 Å². The standard InChI is InChI=1S/C34H35ClFN3O4S/c1-3-21-37-34(41)32(22-26-9-5-4-6-10-26)38(23-27-15-17-28(35)18-16-27)33(40)24-39(31-12-8-7-11-30(31)36)44(42,43)29-19-13-25(2)14-20-29/h4-20,32H,3,21-24H2,1-2H3,(H,37,41)/t32-/m0/s1. The van der Waals surface area contributed by atoms with Gasteiger partial charge in [-0.25, -0.2) is 12.8 Å². The first-order valence-corrected chi connectivity index (χ1v) is 16.1. The minimum Gasteiger partial charge on any atom is -0.354 e. The average molecular weight is 636 g/mol. The normalized spacial score (nSPS) is 11.9. The molecule has 2 amide bonds. The zero-order chi connectivity index (χ0) is 31.7. The van der Waals surface area contributed by atoms with Crippen molar-refractivity contribution in [3.05, 3.63) is 131 Å². The SMILES string of the molecule is CCCNC(=O)[C@H](Cc1ccccc1)N(Cc1ccc(Cl)cc1)C(=O)CN(c1ccccc1F)S(=O)(=O)c1ccc(C)cc1. The van der Waals surface area contributed by atoms with E-state index in [1.165, 1.54) is 35.2 Å². The number of carbonyl (C=O) groups is 2. The Morgan fingerprint density at radius 2 is 1.50 bits per heavy atom. The fraction of sp³-hybridized carbons (Fsp3) is 0.235. The number of halogens is 2. The molecule has 7 nitrogen and oxygen atoms in total. The number of rotatable bonds is 13. The summed E-state index contributed by atoms with van der Waals surface area (Å²) in [5.74, 6) is -1.86. The van der Waals surface area contributed by atoms with Gasteiger partial charge in [0, 0.05) is 24.5 Å². The molecular formula is C34H35ClFN3O4S. The quantitative estimate of drug-likeness (QED) is 0.191. The molecule has 44 heavy (non-hydrogen) atoms. The van der Waals surface area contributed by atoms with E-state index in [2.05, 4.69) is 5.32 Å². The van der Waals surface area contributed by atoms with Crippen LogP contribution in [0.15, 0.2) is 108 Å². The van der Waals surface area contributed by atoms with E-state index in [1.807, 2.05) is 44.2 Å². The number of nitrogens with zero attached hydrogens (tertiary/aromatic N) is 2. The highest BCUT2D eigenvalue weighted by atomic mass is 35.5. The summed E-state index contributed by atoms with van der Waals surface area (Å²) in [5, 5.41) is 3.40. The van der Waals surface area contributed by atoms with Crippen molar-refractivity contribution < 1.29 is 22.4 Å². The lowest BCUT2D eigenvalue weighted by Crippen LogP contribution is -2.53. The number of para-hydroxylation sites is 1. The summed E-state index contributed by atoms with van der Waals surface area (Å²) in [6.45, 7) is 3.39. The van der Waals surface area contributed by atoms with Crippen molar-refractivity contribution in [1.29, 1.82) is 0 Å². The van der Waals surface area contributed by atoms with Gasteiger partial charge in [-0.1, -0.05) is 90.8 Å². The monoisotopic (exact) mass is 635 g/mol. The van der Waals surface area contributed by atoms with Crippen LogP contribution in [0.5, 0.6) is 0 Å². The summed E-state index contributed by atoms with van der Waals surface area (Å²) in [5.41, 5.74) is 2.07. The van der Waals surface area contributed by atoms with Crippen LogP contribution in [0, 0.1) is 12.7 Å². The summed E-state index contributed by atoms with van der Waals surface area (Å²) in [7, 11) is -4.39. The molecule has 0 radical (unpaired) electrons. The van der Waals surface area contributed by atoms with Crippen LogP contribution in [0.3, 0.4) is 0 Å². The lowest BCUT2D eigenvalue weighted by Gasteiger charge is -2.34. The Balaban J connectivity index is 1.80. The summed E-state index contributed by atoms with van der Waals surface area (Å²) in [6.07, 6.45) is 0.866. The van der Waals surface area contributed by atoms with Gasteiger partial charge in [-0.3, -0.25) is 13.9 Å². The Bertz CT molecular complexity index is 1670. The molecule has 0 unspecified atom stereocenters. The Hall–Kier alpha value is -4.21. The Morgan fingerprint density at radius 1 is 0.864 bits per heavy atom. The first-order valence-electron chi connectivity index (χ1n) is 14.3. The second-order valence-electron chi connectivity index (χ2n) is 10.4. The van der Waals surface area contributed by atoms with Crippen molar-refractivity contribution in [1.82, 2.24) is 10.2 Å². The largest absolute Gasteiger partial charge is 0.354 e. The molecule has 230 valence electrons. The Labute approximate surface area is 263 Å². The molecule has 4 aromatic rings. The van der Waals surface area contributed by atoms with Gasteiger partial charge in [0.25, 0.3) is 10.0 Å². The zero-order valence-electron chi connectivity index (χ0n) is 24.6. The number of hydrogen-bond donors (Lipinski definition) is 1. The molecule has 0 heterocycles. The molecule has 4 rings (SSSR count). The van der Waals surface area contributed by atoms with Crippen LogP contribution in [0.1, 0.15) is 30.0 Å². The molecule has 1 N–H and O–H groups in total. The molecule has 4 aromatic carbocycles. The van der Waals surface area contributed by atoms with Crippen molar-refractivity contribution in [2.75, 3.05) is 17.4 Å². The van der Waals surface area contributed by atoms with Gasteiger partial charge in [-0.05, 0) is 60.9 Å². The first kappa shape index (κ1) is 32.7. The maximum Gasteiger partial charge on any atom is 0.264 e. The summed E-state index contributed by atoms with van der Waals surface area (Å²) < 4.78 is 43.9. The Morgan fingerprint density at radius 3 is 2.14 bits per heavy atom. The van der Waals surface area contributed by atoms with Gasteiger partial charge in [0.1, 0.15) is 18.4 Å². The maximum atomic E-state index is 15.2. The number of hydrogen-bond acceptors (Lipinski definition) is 4. The van der Waals surface area contributed by atoms with Gasteiger partial charge >= 0.3 is 0 Å². The van der Waals surface area contributed by atoms with Gasteiger partial charge in [0.2, 0.25) is 11.8 Å². The smallest absolute Gasteiger partial charge is 0.264 e. The van der Waals surface area contributed by atoms with E-state index >= 15 is 4.39 Å². The molecule has 0 fully saturated rings. The van der Waals surface area contributed by atoms with Crippen LogP contribution in [0.25, 0.3) is 0 Å². The molecule has 0 aromatic heterocycles. The van der Waals surface area contributed by atoms with E-state index in [1.54, 1.807) is 36.4 Å². The van der Waals surface area contributed by atoms with Crippen molar-refractivity contribution >= 4 is 39.1 Å². The van der Waals surface area contributed by atoms with E-state index in [4.69, 9.17) is 11.6 Å². The molecule has 0 bridgehead atoms. The predicted molar refractivity (Wildman–Crippen MR) is 171 cm³/mol. The summed E-state index contributed by atoms with van der Waals surface area (Å²) in [4.78, 5) is 29.3. The minimum atomic E-state index is -4.39. The lowest BCUT2D eigenvalue weighted by molar-refractivity contribution is -0.140. The van der Waals surface area contributed by atoms with E-state index in [0.717, 1.165) is 21.5 Å². The highest BCUT2D eigenvalue weighted by Gasteiger charge is 2.35. The lowest BCUT2D eigenvalue weighted by atomic mass is 10.0. The fourth-order valence-corrected chi connectivity index (χ4v) is 6.26. The number of aryl methyl sites for hydroxylation is 1. The van der Waals surface area contributed by atoms with Gasteiger partial charge in [-0.2, -0.15) is 0 Å². The second-order valence-corrected chi connectivity index (χ2v) is 12.7. The number of carbonyl (C=O) groups excluding carboxylic acids is 2. The van der Waals surface area contributed by atoms with Crippen LogP contribution < -0.4 is 9.62 Å². The molecular weight excluding hydrogens is 601 g/mol. The highest BCUT2D eigenvalue weighted by molar-refractivity contribution is 7.92. The second kappa shape index (κ2) is 15.0. The average Bonchev–Trinajstić information content (AvgIpc) is 3.02. The van der Waals surface area contributed by atoms with Crippen LogP contribution in [0.2, 0.25) is 5.02 Å². The zero-order valence-corrected chi connectivity index (χ0v) is 26.2. The van der Waals surface area contributed by atoms with E-state index in [9.17, 15) is 18.0 Å². The van der Waals surface area contributed by atoms with Crippen molar-refractivity contribution in [2.45, 2.75) is 44.2 Å². The van der Waals surface area contributed by atoms with E-state index in [-0.39, 0.29) is 29.5 Å². The third-order valence-corrected chi connectivity index (χ3v) is 9.12. The van der Waals surface area contributed by atoms with Crippen LogP contribution in [-0.4, -0.2) is 44.3 Å². The number of nitrogens with one attached hydrogen (secondary N) is 1. The van der Waals surface area contributed by atoms with Crippen molar-refractivity contribution in [3.8, 4) is 0 Å². The third-order valence-electron chi connectivity index (χ3n) is 7.10. The van der Waals surface area contributed by atoms with Crippen molar-refractivity contribution in [2.24, 2.45) is 0 Å². The van der Waals surface area contributed by atoms with Gasteiger partial charge in [-0.15, -0.1) is 0 Å². The number of amides is 2. The van der Waals surface area contributed by atoms with Gasteiger partial charge < -0.3 is 10.2 Å². The van der Waals surface area contributed by atoms with Crippen LogP contribution in [0.4, 0.5) is 10.1 Å². The molecule has 0 saturated carbocycles. The molecule has 10 heteroatoms. The van der Waals surface area contributed by atoms with Gasteiger partial charge in [0.15, 0.2) is 0 Å². The number of benzene rings is 4. The van der Waals surface area contributed by atoms with E-state index in [0.29, 0.717) is 23.6 Å². The molecule has 0 saturated heterocycles. The summed E-state index contributed by atoms with van der Waals surface area (Å²) in [6, 6.07) is 26.6. The topological polar surface area (TPSA) is 86.8 Å². The molecule has 0 aliphatic rings. The third kappa shape index (κ3) is 8.24. The molecule has 1 atom stereocenters. The summed E-state index contributed by atoms with van der Waals surface area (Å²) >= 11 is 6.10. The predicted octanol–water partition coefficient (Wildman–Crippen LogP) is 6.15. The Kier molecular flexibility index (Phi) is 11.1. The molecule has 0 aliphatic carbocycles. The van der Waals surface area contributed by atoms with E-state index < -0.39 is 34.3 Å². The number of sulfonamides is 1. The first-order chi connectivity index (χ1) is 21.1. The van der Waals surface area contributed by atoms with Crippen molar-refractivity contribution in [3.63, 3.8) is 0 Å². The number of anilines is 1.